The van der Waals surface area contributed by atoms with E-state index in [4.69, 9.17) is 9.47 Å². The van der Waals surface area contributed by atoms with E-state index in [1.54, 1.807) is 0 Å². The molecule has 0 saturated carbocycles. The lowest BCUT2D eigenvalue weighted by atomic mass is 10.1. The largest absolute Gasteiger partial charge is 0.457 e. The van der Waals surface area contributed by atoms with Gasteiger partial charge in [0.1, 0.15) is 24.3 Å². The van der Waals surface area contributed by atoms with E-state index in [2.05, 4.69) is 15.6 Å². The van der Waals surface area contributed by atoms with Crippen LogP contribution in [0.15, 0.2) is 6.33 Å². The molecule has 1 saturated heterocycles. The molecule has 11 heteroatoms. The van der Waals surface area contributed by atoms with Crippen molar-refractivity contribution in [3.05, 3.63) is 12.0 Å². The van der Waals surface area contributed by atoms with Crippen molar-refractivity contribution >= 4 is 17.7 Å². The van der Waals surface area contributed by atoms with Gasteiger partial charge in [0.25, 0.3) is 5.91 Å². The van der Waals surface area contributed by atoms with Crippen LogP contribution in [-0.2, 0) is 14.3 Å². The molecule has 1 amide bonds. The maximum absolute atomic E-state index is 12.0. The Bertz CT molecular complexity index is 648. The third-order valence-corrected chi connectivity index (χ3v) is 3.83. The molecule has 5 atom stereocenters. The molecule has 11 nitrogen and oxygen atoms in total. The number of imidazole rings is 1. The highest BCUT2D eigenvalue weighted by Gasteiger charge is 2.47. The average molecular weight is 342 g/mol. The van der Waals surface area contributed by atoms with Gasteiger partial charge in [0.15, 0.2) is 18.0 Å². The third-order valence-electron chi connectivity index (χ3n) is 3.83. The zero-order valence-electron chi connectivity index (χ0n) is 12.7. The van der Waals surface area contributed by atoms with Gasteiger partial charge >= 0.3 is 5.97 Å². The number of anilines is 1. The molecule has 3 heterocycles. The second kappa shape index (κ2) is 6.36. The lowest BCUT2D eigenvalue weighted by molar-refractivity contribution is -0.153. The van der Waals surface area contributed by atoms with Gasteiger partial charge in [-0.1, -0.05) is 0 Å². The summed E-state index contributed by atoms with van der Waals surface area (Å²) >= 11 is 0. The van der Waals surface area contributed by atoms with Crippen molar-refractivity contribution in [1.29, 1.82) is 0 Å². The fourth-order valence-electron chi connectivity index (χ4n) is 2.79. The zero-order chi connectivity index (χ0) is 17.4. The van der Waals surface area contributed by atoms with Gasteiger partial charge < -0.3 is 35.4 Å². The maximum Gasteiger partial charge on any atom is 0.303 e. The van der Waals surface area contributed by atoms with Crippen LogP contribution >= 0.6 is 0 Å². The Morgan fingerprint density at radius 1 is 1.54 bits per heavy atom. The number of carbonyl (C=O) groups excluding carboxylic acids is 2. The van der Waals surface area contributed by atoms with Gasteiger partial charge in [-0.25, -0.2) is 4.98 Å². The minimum absolute atomic E-state index is 0.0267. The number of esters is 1. The summed E-state index contributed by atoms with van der Waals surface area (Å²) in [6.07, 6.45) is -4.08. The van der Waals surface area contributed by atoms with Crippen LogP contribution in [0.25, 0.3) is 0 Å². The molecule has 24 heavy (non-hydrogen) atoms. The van der Waals surface area contributed by atoms with Crippen LogP contribution in [-0.4, -0.2) is 74.4 Å². The molecule has 0 radical (unpaired) electrons. The van der Waals surface area contributed by atoms with Crippen LogP contribution in [0.4, 0.5) is 5.82 Å². The molecule has 0 aliphatic carbocycles. The van der Waals surface area contributed by atoms with E-state index < -0.39 is 49.3 Å². The summed E-state index contributed by atoms with van der Waals surface area (Å²) in [6.45, 7) is 0.754. The van der Waals surface area contributed by atoms with Crippen molar-refractivity contribution in [1.82, 2.24) is 14.9 Å². The summed E-state index contributed by atoms with van der Waals surface area (Å²) < 4.78 is 11.9. The summed E-state index contributed by atoms with van der Waals surface area (Å²) in [5.74, 6) is -0.955. The summed E-state index contributed by atoms with van der Waals surface area (Å²) in [4.78, 5) is 27.1. The van der Waals surface area contributed by atoms with Crippen molar-refractivity contribution in [2.24, 2.45) is 0 Å². The van der Waals surface area contributed by atoms with Crippen molar-refractivity contribution in [2.45, 2.75) is 37.7 Å². The first kappa shape index (κ1) is 16.6. The molecule has 1 aromatic heterocycles. The Labute approximate surface area is 136 Å². The van der Waals surface area contributed by atoms with Crippen molar-refractivity contribution in [3.8, 4) is 0 Å². The normalized spacial score (nSPS) is 32.5. The van der Waals surface area contributed by atoms with Crippen LogP contribution in [0, 0.1) is 0 Å². The molecular weight excluding hydrogens is 324 g/mol. The van der Waals surface area contributed by atoms with E-state index >= 15 is 0 Å². The summed E-state index contributed by atoms with van der Waals surface area (Å²) in [5, 5.41) is 34.6. The highest BCUT2D eigenvalue weighted by molar-refractivity contribution is 5.97. The van der Waals surface area contributed by atoms with Crippen molar-refractivity contribution in [2.75, 3.05) is 18.5 Å². The van der Waals surface area contributed by atoms with Gasteiger partial charge in [0, 0.05) is 6.92 Å². The number of hydrogen-bond acceptors (Lipinski definition) is 9. The minimum Gasteiger partial charge on any atom is -0.457 e. The van der Waals surface area contributed by atoms with Crippen LogP contribution in [0.1, 0.15) is 23.6 Å². The quantitative estimate of drug-likeness (QED) is 0.376. The number of β-amino-alcohol motifs (C(OH)–C–C–N with tert-alkyl or cyclic N) is 1. The number of amides is 1. The first-order chi connectivity index (χ1) is 11.4. The maximum atomic E-state index is 12.0. The molecule has 0 spiro atoms. The van der Waals surface area contributed by atoms with Crippen molar-refractivity contribution in [3.63, 3.8) is 0 Å². The first-order valence-electron chi connectivity index (χ1n) is 7.33. The van der Waals surface area contributed by atoms with Gasteiger partial charge in [-0.05, 0) is 0 Å². The summed E-state index contributed by atoms with van der Waals surface area (Å²) in [7, 11) is 0. The first-order valence-corrected chi connectivity index (χ1v) is 7.33. The number of fused-ring (bicyclic) bond motifs is 1. The number of nitrogens with one attached hydrogen (secondary N) is 2. The fourth-order valence-corrected chi connectivity index (χ4v) is 2.79. The summed E-state index contributed by atoms with van der Waals surface area (Å²) in [6, 6.07) is 0. The molecule has 1 fully saturated rings. The highest BCUT2D eigenvalue weighted by atomic mass is 16.6. The Hall–Kier alpha value is -2.21. The topological polar surface area (TPSA) is 155 Å². The number of nitrogens with zero attached hydrogens (tertiary/aromatic N) is 2. The number of rotatable bonds is 3. The number of hydrogen-bond donors (Lipinski definition) is 5. The molecule has 1 aromatic rings. The van der Waals surface area contributed by atoms with E-state index in [0.29, 0.717) is 0 Å². The van der Waals surface area contributed by atoms with E-state index in [1.165, 1.54) is 17.8 Å². The van der Waals surface area contributed by atoms with Gasteiger partial charge in [0.2, 0.25) is 0 Å². The second-order valence-corrected chi connectivity index (χ2v) is 5.53. The Morgan fingerprint density at radius 3 is 2.96 bits per heavy atom. The third kappa shape index (κ3) is 2.82. The molecule has 2 aliphatic rings. The van der Waals surface area contributed by atoms with E-state index in [0.717, 1.165) is 0 Å². The number of aliphatic hydroxyl groups excluding tert-OH is 3. The standard InChI is InChI=1S/C13H18N4O7/c1-5(19)23-10-6(3-18)24-13(9(10)21)17-4-15-8-11(17)14-2-7(20)16-12(8)22/h4,6-7,9-10,13-14,18,20-21H,2-3H2,1H3,(H,16,22)/t6-,7?,9-,10-,13-/m1/s1. The van der Waals surface area contributed by atoms with Gasteiger partial charge in [-0.3, -0.25) is 14.2 Å². The van der Waals surface area contributed by atoms with Gasteiger partial charge in [0.05, 0.1) is 19.5 Å². The van der Waals surface area contributed by atoms with E-state index in [9.17, 15) is 24.9 Å². The van der Waals surface area contributed by atoms with Crippen LogP contribution in [0.2, 0.25) is 0 Å². The Balaban J connectivity index is 1.90. The van der Waals surface area contributed by atoms with Crippen LogP contribution in [0.5, 0.6) is 0 Å². The van der Waals surface area contributed by atoms with Crippen LogP contribution < -0.4 is 10.6 Å². The fraction of sp³-hybridized carbons (Fsp3) is 0.615. The van der Waals surface area contributed by atoms with Crippen molar-refractivity contribution < 1.29 is 34.4 Å². The molecule has 0 aromatic carbocycles. The predicted octanol–water partition coefficient (Wildman–Crippen LogP) is -2.46. The number of aromatic nitrogens is 2. The Kier molecular flexibility index (Phi) is 4.41. The highest BCUT2D eigenvalue weighted by Crippen LogP contribution is 2.34. The zero-order valence-corrected chi connectivity index (χ0v) is 12.7. The second-order valence-electron chi connectivity index (χ2n) is 5.53. The minimum atomic E-state index is -1.28. The molecule has 3 rings (SSSR count). The van der Waals surface area contributed by atoms with E-state index in [-0.39, 0.29) is 18.1 Å². The number of aliphatic hydroxyl groups is 3. The lowest BCUT2D eigenvalue weighted by Crippen LogP contribution is -2.37. The van der Waals surface area contributed by atoms with Gasteiger partial charge in [-0.15, -0.1) is 0 Å². The van der Waals surface area contributed by atoms with Gasteiger partial charge in [-0.2, -0.15) is 0 Å². The smallest absolute Gasteiger partial charge is 0.303 e. The summed E-state index contributed by atoms with van der Waals surface area (Å²) in [5.41, 5.74) is 0.0267. The van der Waals surface area contributed by atoms with Crippen LogP contribution in [0.3, 0.4) is 0 Å². The van der Waals surface area contributed by atoms with E-state index in [1.807, 2.05) is 0 Å². The SMILES string of the molecule is CC(=O)O[C@H]1[C@@H](O)[C@H](n2cnc3c2NCC(O)NC3=O)O[C@@H]1CO. The predicted molar refractivity (Wildman–Crippen MR) is 76.7 cm³/mol. The lowest BCUT2D eigenvalue weighted by Gasteiger charge is -2.20. The molecule has 132 valence electrons. The molecular formula is C13H18N4O7. The molecule has 1 unspecified atom stereocenters. The molecule has 0 bridgehead atoms. The molecule has 5 N–H and O–H groups in total. The molecule has 2 aliphatic heterocycles. The number of carbonyl (C=O) groups is 2. The monoisotopic (exact) mass is 342 g/mol. The average Bonchev–Trinajstić information content (AvgIpc) is 3.02. The number of ether oxygens (including phenoxy) is 2. The Morgan fingerprint density at radius 2 is 2.29 bits per heavy atom.